The van der Waals surface area contributed by atoms with Crippen molar-refractivity contribution in [3.8, 4) is 5.75 Å². The molecule has 134 valence electrons. The second-order valence-corrected chi connectivity index (χ2v) is 7.59. The molecule has 3 nitrogen and oxygen atoms in total. The lowest BCUT2D eigenvalue weighted by atomic mass is 10.1. The zero-order valence-electron chi connectivity index (χ0n) is 15.0. The Hall–Kier alpha value is -2.33. The molecular formula is C22H23NO2S. The zero-order chi connectivity index (χ0) is 17.8. The van der Waals surface area contributed by atoms with E-state index in [2.05, 4.69) is 29.4 Å². The molecule has 0 unspecified atom stereocenters. The van der Waals surface area contributed by atoms with Crippen molar-refractivity contribution in [1.82, 2.24) is 4.98 Å². The number of para-hydroxylation sites is 1. The summed E-state index contributed by atoms with van der Waals surface area (Å²) < 4.78 is 11.8. The summed E-state index contributed by atoms with van der Waals surface area (Å²) in [5, 5.41) is 5.66. The molecule has 0 radical (unpaired) electrons. The van der Waals surface area contributed by atoms with Crippen molar-refractivity contribution in [1.29, 1.82) is 0 Å². The molecule has 0 aliphatic heterocycles. The van der Waals surface area contributed by atoms with Crippen LogP contribution < -0.4 is 4.74 Å². The van der Waals surface area contributed by atoms with Gasteiger partial charge >= 0.3 is 0 Å². The number of hydrogen-bond acceptors (Lipinski definition) is 4. The summed E-state index contributed by atoms with van der Waals surface area (Å²) in [4.78, 5) is 4.51. The third-order valence-electron chi connectivity index (χ3n) is 4.57. The molecule has 2 aromatic carbocycles. The molecule has 4 heteroatoms. The van der Waals surface area contributed by atoms with E-state index in [9.17, 15) is 0 Å². The van der Waals surface area contributed by atoms with E-state index in [0.717, 1.165) is 52.8 Å². The van der Waals surface area contributed by atoms with E-state index in [1.54, 1.807) is 11.3 Å². The lowest BCUT2D eigenvalue weighted by Gasteiger charge is -2.06. The molecular weight excluding hydrogens is 342 g/mol. The van der Waals surface area contributed by atoms with E-state index in [1.165, 1.54) is 24.3 Å². The van der Waals surface area contributed by atoms with Gasteiger partial charge in [0.25, 0.3) is 0 Å². The Morgan fingerprint density at radius 1 is 0.962 bits per heavy atom. The van der Waals surface area contributed by atoms with Gasteiger partial charge in [-0.2, -0.15) is 0 Å². The van der Waals surface area contributed by atoms with Crippen LogP contribution in [0.3, 0.4) is 0 Å². The maximum absolute atomic E-state index is 5.95. The Morgan fingerprint density at radius 2 is 1.81 bits per heavy atom. The maximum Gasteiger partial charge on any atom is 0.135 e. The first kappa shape index (κ1) is 17.1. The Labute approximate surface area is 157 Å². The standard InChI is InChI=1S/C22H23NO2S/c1-16-15-26-22(23-16)10-4-2-3-7-13-24-17-11-12-21-19(14-17)18-8-5-6-9-20(18)25-21/h5-6,8-9,11-12,14-15H,2-4,7,10,13H2,1H3. The molecule has 0 fully saturated rings. The van der Waals surface area contributed by atoms with E-state index in [4.69, 9.17) is 9.15 Å². The Balaban J connectivity index is 1.24. The van der Waals surface area contributed by atoms with Gasteiger partial charge in [-0.15, -0.1) is 11.3 Å². The summed E-state index contributed by atoms with van der Waals surface area (Å²) in [6.45, 7) is 2.82. The van der Waals surface area contributed by atoms with Gasteiger partial charge in [0.1, 0.15) is 16.9 Å². The first-order valence-electron chi connectivity index (χ1n) is 9.25. The molecule has 2 heterocycles. The largest absolute Gasteiger partial charge is 0.494 e. The SMILES string of the molecule is Cc1csc(CCCCCCOc2ccc3oc4ccccc4c3c2)n1. The van der Waals surface area contributed by atoms with Gasteiger partial charge in [-0.25, -0.2) is 4.98 Å². The van der Waals surface area contributed by atoms with Crippen molar-refractivity contribution < 1.29 is 9.15 Å². The van der Waals surface area contributed by atoms with Crippen LogP contribution in [0.15, 0.2) is 52.3 Å². The molecule has 0 N–H and O–H groups in total. The molecule has 0 aliphatic rings. The number of unbranched alkanes of at least 4 members (excludes halogenated alkanes) is 3. The smallest absolute Gasteiger partial charge is 0.135 e. The fourth-order valence-electron chi connectivity index (χ4n) is 3.23. The number of hydrogen-bond donors (Lipinski definition) is 0. The van der Waals surface area contributed by atoms with E-state index in [0.29, 0.717) is 0 Å². The molecule has 4 rings (SSSR count). The summed E-state index contributed by atoms with van der Waals surface area (Å²) in [6, 6.07) is 14.2. The molecule has 4 aromatic rings. The number of furan rings is 1. The molecule has 0 spiro atoms. The summed E-state index contributed by atoms with van der Waals surface area (Å²) in [7, 11) is 0. The molecule has 0 atom stereocenters. The fraction of sp³-hybridized carbons (Fsp3) is 0.318. The summed E-state index contributed by atoms with van der Waals surface area (Å²) in [6.07, 6.45) is 5.82. The second kappa shape index (κ2) is 7.92. The maximum atomic E-state index is 5.95. The molecule has 0 saturated heterocycles. The minimum absolute atomic E-state index is 0.762. The topological polar surface area (TPSA) is 35.3 Å². The number of aryl methyl sites for hydroxylation is 2. The van der Waals surface area contributed by atoms with E-state index < -0.39 is 0 Å². The van der Waals surface area contributed by atoms with Gasteiger partial charge in [-0.05, 0) is 50.5 Å². The third-order valence-corrected chi connectivity index (χ3v) is 5.59. The molecule has 2 aromatic heterocycles. The predicted octanol–water partition coefficient (Wildman–Crippen LogP) is 6.53. The molecule has 0 aliphatic carbocycles. The van der Waals surface area contributed by atoms with Gasteiger partial charge in [-0.1, -0.05) is 31.0 Å². The summed E-state index contributed by atoms with van der Waals surface area (Å²) in [5.41, 5.74) is 2.98. The fourth-order valence-corrected chi connectivity index (χ4v) is 4.05. The monoisotopic (exact) mass is 365 g/mol. The number of nitrogens with zero attached hydrogens (tertiary/aromatic N) is 1. The number of fused-ring (bicyclic) bond motifs is 3. The lowest BCUT2D eigenvalue weighted by molar-refractivity contribution is 0.305. The minimum atomic E-state index is 0.762. The van der Waals surface area contributed by atoms with Gasteiger partial charge in [0.15, 0.2) is 0 Å². The Morgan fingerprint density at radius 3 is 2.69 bits per heavy atom. The average molecular weight is 365 g/mol. The summed E-state index contributed by atoms with van der Waals surface area (Å²) >= 11 is 1.77. The number of aromatic nitrogens is 1. The highest BCUT2D eigenvalue weighted by atomic mass is 32.1. The lowest BCUT2D eigenvalue weighted by Crippen LogP contribution is -1.97. The van der Waals surface area contributed by atoms with Crippen LogP contribution in [0.2, 0.25) is 0 Å². The van der Waals surface area contributed by atoms with Crippen molar-refractivity contribution in [2.24, 2.45) is 0 Å². The number of thiazole rings is 1. The Bertz CT molecular complexity index is 1000. The van der Waals surface area contributed by atoms with Crippen LogP contribution in [0.1, 0.15) is 36.4 Å². The van der Waals surface area contributed by atoms with Crippen molar-refractivity contribution in [3.63, 3.8) is 0 Å². The van der Waals surface area contributed by atoms with E-state index in [-0.39, 0.29) is 0 Å². The van der Waals surface area contributed by atoms with Gasteiger partial charge < -0.3 is 9.15 Å². The van der Waals surface area contributed by atoms with Crippen LogP contribution in [-0.4, -0.2) is 11.6 Å². The molecule has 0 amide bonds. The third kappa shape index (κ3) is 3.91. The van der Waals surface area contributed by atoms with Crippen molar-refractivity contribution in [2.45, 2.75) is 39.0 Å². The number of ether oxygens (including phenoxy) is 1. The van der Waals surface area contributed by atoms with Crippen molar-refractivity contribution >= 4 is 33.3 Å². The van der Waals surface area contributed by atoms with Crippen LogP contribution in [0.4, 0.5) is 0 Å². The first-order valence-corrected chi connectivity index (χ1v) is 10.1. The van der Waals surface area contributed by atoms with Gasteiger partial charge in [-0.3, -0.25) is 0 Å². The highest BCUT2D eigenvalue weighted by Crippen LogP contribution is 2.31. The predicted molar refractivity (Wildman–Crippen MR) is 108 cm³/mol. The number of benzene rings is 2. The summed E-state index contributed by atoms with van der Waals surface area (Å²) in [5.74, 6) is 0.919. The Kier molecular flexibility index (Phi) is 5.21. The molecule has 0 saturated carbocycles. The van der Waals surface area contributed by atoms with E-state index >= 15 is 0 Å². The number of rotatable bonds is 8. The average Bonchev–Trinajstić information content (AvgIpc) is 3.24. The highest BCUT2D eigenvalue weighted by Gasteiger charge is 2.07. The second-order valence-electron chi connectivity index (χ2n) is 6.65. The van der Waals surface area contributed by atoms with Crippen LogP contribution in [0, 0.1) is 6.92 Å². The van der Waals surface area contributed by atoms with Crippen LogP contribution in [0.5, 0.6) is 5.75 Å². The van der Waals surface area contributed by atoms with Crippen molar-refractivity contribution in [2.75, 3.05) is 6.61 Å². The van der Waals surface area contributed by atoms with E-state index in [1.807, 2.05) is 30.3 Å². The van der Waals surface area contributed by atoms with Crippen LogP contribution in [-0.2, 0) is 6.42 Å². The minimum Gasteiger partial charge on any atom is -0.494 e. The van der Waals surface area contributed by atoms with Gasteiger partial charge in [0.2, 0.25) is 0 Å². The normalized spacial score (nSPS) is 11.4. The zero-order valence-corrected chi connectivity index (χ0v) is 15.8. The highest BCUT2D eigenvalue weighted by molar-refractivity contribution is 7.09. The molecule has 0 bridgehead atoms. The van der Waals surface area contributed by atoms with Crippen LogP contribution in [0.25, 0.3) is 21.9 Å². The van der Waals surface area contributed by atoms with Gasteiger partial charge in [0.05, 0.1) is 11.6 Å². The van der Waals surface area contributed by atoms with Crippen molar-refractivity contribution in [3.05, 3.63) is 58.5 Å². The quantitative estimate of drug-likeness (QED) is 0.333. The van der Waals surface area contributed by atoms with Gasteiger partial charge in [0, 0.05) is 21.8 Å². The van der Waals surface area contributed by atoms with Crippen LogP contribution >= 0.6 is 11.3 Å². The first-order chi connectivity index (χ1) is 12.8. The molecule has 26 heavy (non-hydrogen) atoms.